The Labute approximate surface area is 76.0 Å². The zero-order valence-electron chi connectivity index (χ0n) is 7.44. The van der Waals surface area contributed by atoms with Crippen LogP contribution in [0.2, 0.25) is 0 Å². The SMILES string of the molecule is COc1cc(OC)nc(CC#N)n1. The summed E-state index contributed by atoms with van der Waals surface area (Å²) in [6, 6.07) is 3.51. The molecular formula is C8H9N3O2. The molecule has 0 aliphatic carbocycles. The molecule has 0 N–H and O–H groups in total. The normalized spacial score (nSPS) is 9.00. The van der Waals surface area contributed by atoms with E-state index in [9.17, 15) is 0 Å². The fourth-order valence-corrected chi connectivity index (χ4v) is 0.808. The number of aromatic nitrogens is 2. The van der Waals surface area contributed by atoms with Crippen LogP contribution in [0.3, 0.4) is 0 Å². The van der Waals surface area contributed by atoms with E-state index < -0.39 is 0 Å². The van der Waals surface area contributed by atoms with E-state index in [1.165, 1.54) is 14.2 Å². The molecule has 5 nitrogen and oxygen atoms in total. The average Bonchev–Trinajstić information content (AvgIpc) is 2.17. The molecule has 13 heavy (non-hydrogen) atoms. The largest absolute Gasteiger partial charge is 0.481 e. The topological polar surface area (TPSA) is 68.0 Å². The number of hydrogen-bond acceptors (Lipinski definition) is 5. The van der Waals surface area contributed by atoms with Crippen LogP contribution in [0.15, 0.2) is 6.07 Å². The van der Waals surface area contributed by atoms with E-state index in [1.807, 2.05) is 6.07 Å². The Morgan fingerprint density at radius 3 is 2.23 bits per heavy atom. The van der Waals surface area contributed by atoms with Crippen molar-refractivity contribution in [1.82, 2.24) is 9.97 Å². The van der Waals surface area contributed by atoms with Gasteiger partial charge in [-0.25, -0.2) is 0 Å². The maximum atomic E-state index is 8.44. The standard InChI is InChI=1S/C8H9N3O2/c1-12-7-5-8(13-2)11-6(10-7)3-4-9/h5H,3H2,1-2H3. The highest BCUT2D eigenvalue weighted by Gasteiger charge is 2.03. The van der Waals surface area contributed by atoms with E-state index in [2.05, 4.69) is 9.97 Å². The lowest BCUT2D eigenvalue weighted by Crippen LogP contribution is -1.99. The summed E-state index contributed by atoms with van der Waals surface area (Å²) in [5, 5.41) is 8.44. The van der Waals surface area contributed by atoms with Crippen LogP contribution < -0.4 is 9.47 Å². The summed E-state index contributed by atoms with van der Waals surface area (Å²) in [4.78, 5) is 7.91. The van der Waals surface area contributed by atoms with Crippen molar-refractivity contribution in [3.8, 4) is 17.8 Å². The molecule has 1 aromatic heterocycles. The first-order valence-corrected chi connectivity index (χ1v) is 3.63. The second-order valence-electron chi connectivity index (χ2n) is 2.20. The van der Waals surface area contributed by atoms with Gasteiger partial charge in [0.15, 0.2) is 0 Å². The molecular weight excluding hydrogens is 170 g/mol. The van der Waals surface area contributed by atoms with Gasteiger partial charge in [0.25, 0.3) is 0 Å². The number of nitrogens with zero attached hydrogens (tertiary/aromatic N) is 3. The Kier molecular flexibility index (Phi) is 3.03. The molecule has 0 aromatic carbocycles. The van der Waals surface area contributed by atoms with Gasteiger partial charge in [0, 0.05) is 0 Å². The first-order valence-electron chi connectivity index (χ1n) is 3.63. The van der Waals surface area contributed by atoms with Gasteiger partial charge >= 0.3 is 0 Å². The minimum Gasteiger partial charge on any atom is -0.481 e. The molecule has 68 valence electrons. The summed E-state index contributed by atoms with van der Waals surface area (Å²) in [6.45, 7) is 0. The maximum absolute atomic E-state index is 8.44. The van der Waals surface area contributed by atoms with Crippen LogP contribution in [0.1, 0.15) is 5.82 Å². The van der Waals surface area contributed by atoms with Crippen molar-refractivity contribution in [1.29, 1.82) is 5.26 Å². The monoisotopic (exact) mass is 179 g/mol. The number of hydrogen-bond donors (Lipinski definition) is 0. The molecule has 0 aliphatic rings. The minimum atomic E-state index is 0.146. The molecule has 0 bridgehead atoms. The highest BCUT2D eigenvalue weighted by molar-refractivity contribution is 5.21. The Balaban J connectivity index is 3.01. The van der Waals surface area contributed by atoms with E-state index in [4.69, 9.17) is 14.7 Å². The van der Waals surface area contributed by atoms with E-state index in [-0.39, 0.29) is 6.42 Å². The van der Waals surface area contributed by atoms with Gasteiger partial charge in [-0.15, -0.1) is 0 Å². The van der Waals surface area contributed by atoms with Crippen molar-refractivity contribution in [2.24, 2.45) is 0 Å². The van der Waals surface area contributed by atoms with Crippen molar-refractivity contribution in [3.05, 3.63) is 11.9 Å². The van der Waals surface area contributed by atoms with Crippen LogP contribution in [-0.4, -0.2) is 24.2 Å². The molecule has 1 aromatic rings. The van der Waals surface area contributed by atoms with E-state index in [0.29, 0.717) is 17.6 Å². The van der Waals surface area contributed by atoms with Crippen molar-refractivity contribution >= 4 is 0 Å². The number of nitriles is 1. The third-order valence-corrected chi connectivity index (χ3v) is 1.38. The number of rotatable bonds is 3. The third-order valence-electron chi connectivity index (χ3n) is 1.38. The van der Waals surface area contributed by atoms with Crippen molar-refractivity contribution in [3.63, 3.8) is 0 Å². The molecule has 0 amide bonds. The number of methoxy groups -OCH3 is 2. The Bertz CT molecular complexity index is 310. The molecule has 1 heterocycles. The summed E-state index contributed by atoms with van der Waals surface area (Å²) in [7, 11) is 3.00. The summed E-state index contributed by atoms with van der Waals surface area (Å²) >= 11 is 0. The Morgan fingerprint density at radius 1 is 1.31 bits per heavy atom. The quantitative estimate of drug-likeness (QED) is 0.678. The predicted octanol–water partition coefficient (Wildman–Crippen LogP) is 0.560. The summed E-state index contributed by atoms with van der Waals surface area (Å²) in [6.07, 6.45) is 0.146. The van der Waals surface area contributed by atoms with Crippen LogP contribution in [0, 0.1) is 11.3 Å². The van der Waals surface area contributed by atoms with Crippen LogP contribution in [-0.2, 0) is 6.42 Å². The summed E-state index contributed by atoms with van der Waals surface area (Å²) in [5.74, 6) is 1.20. The molecule has 5 heteroatoms. The number of ether oxygens (including phenoxy) is 2. The van der Waals surface area contributed by atoms with Crippen LogP contribution in [0.4, 0.5) is 0 Å². The molecule has 0 unspecified atom stereocenters. The van der Waals surface area contributed by atoms with E-state index in [0.717, 1.165) is 0 Å². The lowest BCUT2D eigenvalue weighted by molar-refractivity contribution is 0.369. The zero-order valence-corrected chi connectivity index (χ0v) is 7.44. The first kappa shape index (κ1) is 9.26. The van der Waals surface area contributed by atoms with E-state index >= 15 is 0 Å². The molecule has 0 saturated heterocycles. The smallest absolute Gasteiger partial charge is 0.220 e. The second-order valence-corrected chi connectivity index (χ2v) is 2.20. The van der Waals surface area contributed by atoms with Gasteiger partial charge in [0.2, 0.25) is 11.8 Å². The van der Waals surface area contributed by atoms with Crippen molar-refractivity contribution in [2.45, 2.75) is 6.42 Å². The van der Waals surface area contributed by atoms with Crippen LogP contribution >= 0.6 is 0 Å². The van der Waals surface area contributed by atoms with Gasteiger partial charge in [-0.1, -0.05) is 0 Å². The molecule has 0 saturated carbocycles. The van der Waals surface area contributed by atoms with Gasteiger partial charge in [-0.3, -0.25) is 0 Å². The van der Waals surface area contributed by atoms with Crippen molar-refractivity contribution < 1.29 is 9.47 Å². The van der Waals surface area contributed by atoms with Gasteiger partial charge in [-0.2, -0.15) is 15.2 Å². The van der Waals surface area contributed by atoms with Crippen LogP contribution in [0.5, 0.6) is 11.8 Å². The third kappa shape index (κ3) is 2.30. The van der Waals surface area contributed by atoms with Gasteiger partial charge < -0.3 is 9.47 Å². The van der Waals surface area contributed by atoms with E-state index in [1.54, 1.807) is 6.07 Å². The molecule has 0 spiro atoms. The van der Waals surface area contributed by atoms with Gasteiger partial charge in [0.05, 0.1) is 32.8 Å². The Hall–Kier alpha value is -1.83. The second kappa shape index (κ2) is 4.26. The average molecular weight is 179 g/mol. The molecule has 0 aliphatic heterocycles. The molecule has 0 fully saturated rings. The van der Waals surface area contributed by atoms with Crippen LogP contribution in [0.25, 0.3) is 0 Å². The molecule has 0 radical (unpaired) electrons. The predicted molar refractivity (Wildman–Crippen MR) is 44.5 cm³/mol. The first-order chi connectivity index (χ1) is 6.30. The maximum Gasteiger partial charge on any atom is 0.220 e. The Morgan fingerprint density at radius 2 is 1.85 bits per heavy atom. The molecule has 1 rings (SSSR count). The van der Waals surface area contributed by atoms with Gasteiger partial charge in [-0.05, 0) is 0 Å². The van der Waals surface area contributed by atoms with Crippen molar-refractivity contribution in [2.75, 3.05) is 14.2 Å². The lowest BCUT2D eigenvalue weighted by Gasteiger charge is -2.03. The fraction of sp³-hybridized carbons (Fsp3) is 0.375. The fourth-order valence-electron chi connectivity index (χ4n) is 0.808. The highest BCUT2D eigenvalue weighted by atomic mass is 16.5. The zero-order chi connectivity index (χ0) is 9.68. The summed E-state index contributed by atoms with van der Waals surface area (Å²) in [5.41, 5.74) is 0. The molecule has 0 atom stereocenters. The minimum absolute atomic E-state index is 0.146. The highest BCUT2D eigenvalue weighted by Crippen LogP contribution is 2.14. The summed E-state index contributed by atoms with van der Waals surface area (Å²) < 4.78 is 9.81. The lowest BCUT2D eigenvalue weighted by atomic mass is 10.4. The van der Waals surface area contributed by atoms with Gasteiger partial charge in [0.1, 0.15) is 5.82 Å².